The van der Waals surface area contributed by atoms with E-state index < -0.39 is 10.0 Å². The van der Waals surface area contributed by atoms with Gasteiger partial charge in [-0.15, -0.1) is 0 Å². The summed E-state index contributed by atoms with van der Waals surface area (Å²) in [5.41, 5.74) is 3.67. The van der Waals surface area contributed by atoms with Crippen LogP contribution in [0.15, 0.2) is 64.0 Å². The summed E-state index contributed by atoms with van der Waals surface area (Å²) in [6.07, 6.45) is 6.22. The molecule has 1 fully saturated rings. The van der Waals surface area contributed by atoms with Gasteiger partial charge in [-0.3, -0.25) is 4.79 Å². The zero-order chi connectivity index (χ0) is 25.5. The largest absolute Gasteiger partial charge is 0.356 e. The second kappa shape index (κ2) is 11.7. The molecule has 36 heavy (non-hydrogen) atoms. The van der Waals surface area contributed by atoms with E-state index in [1.807, 2.05) is 55.5 Å². The van der Waals surface area contributed by atoms with Crippen LogP contribution in [0.3, 0.4) is 0 Å². The Morgan fingerprint density at radius 1 is 1.06 bits per heavy atom. The number of aryl methyl sites for hydroxylation is 3. The van der Waals surface area contributed by atoms with Crippen molar-refractivity contribution in [3.8, 4) is 0 Å². The van der Waals surface area contributed by atoms with Crippen LogP contribution in [0, 0.1) is 19.8 Å². The number of carbonyl (C=O) groups excluding carboxylic acids is 1. The van der Waals surface area contributed by atoms with Crippen LogP contribution in [-0.4, -0.2) is 43.4 Å². The minimum absolute atomic E-state index is 0.00277. The number of hydrogen-bond acceptors (Lipinski definition) is 5. The molecule has 0 saturated carbocycles. The van der Waals surface area contributed by atoms with Crippen LogP contribution in [-0.2, 0) is 21.2 Å². The van der Waals surface area contributed by atoms with Crippen molar-refractivity contribution < 1.29 is 17.7 Å². The van der Waals surface area contributed by atoms with Crippen molar-refractivity contribution in [1.82, 2.24) is 14.8 Å². The van der Waals surface area contributed by atoms with Gasteiger partial charge in [0.05, 0.1) is 0 Å². The number of benzene rings is 2. The van der Waals surface area contributed by atoms with E-state index >= 15 is 0 Å². The van der Waals surface area contributed by atoms with Crippen molar-refractivity contribution in [2.75, 3.05) is 19.6 Å². The Balaban J connectivity index is 1.33. The van der Waals surface area contributed by atoms with E-state index in [1.165, 1.54) is 9.87 Å². The summed E-state index contributed by atoms with van der Waals surface area (Å²) >= 11 is 0. The molecule has 1 amide bonds. The van der Waals surface area contributed by atoms with Gasteiger partial charge in [0.15, 0.2) is 10.7 Å². The van der Waals surface area contributed by atoms with Crippen LogP contribution in [0.1, 0.15) is 47.4 Å². The Hall–Kier alpha value is -3.23. The van der Waals surface area contributed by atoms with Crippen LogP contribution in [0.2, 0.25) is 0 Å². The number of piperidine rings is 1. The predicted molar refractivity (Wildman–Crippen MR) is 141 cm³/mol. The number of nitrogens with one attached hydrogen (secondary N) is 1. The van der Waals surface area contributed by atoms with Gasteiger partial charge in [0.2, 0.25) is 15.9 Å². The molecule has 7 nitrogen and oxygen atoms in total. The van der Waals surface area contributed by atoms with Crippen LogP contribution >= 0.6 is 0 Å². The summed E-state index contributed by atoms with van der Waals surface area (Å²) in [6.45, 7) is 4.83. The molecule has 1 aliphatic rings. The van der Waals surface area contributed by atoms with Crippen molar-refractivity contribution in [3.05, 3.63) is 82.7 Å². The third-order valence-electron chi connectivity index (χ3n) is 6.54. The molecular formula is C28H33N3O4S. The summed E-state index contributed by atoms with van der Waals surface area (Å²) in [5, 5.41) is 6.93. The maximum absolute atomic E-state index is 13.5. The second-order valence-electron chi connectivity index (χ2n) is 9.26. The zero-order valence-electron chi connectivity index (χ0n) is 20.8. The van der Waals surface area contributed by atoms with Gasteiger partial charge in [-0.2, -0.15) is 4.31 Å². The van der Waals surface area contributed by atoms with E-state index in [0.29, 0.717) is 25.1 Å². The molecule has 0 spiro atoms. The highest BCUT2D eigenvalue weighted by Gasteiger charge is 2.35. The Morgan fingerprint density at radius 2 is 1.75 bits per heavy atom. The van der Waals surface area contributed by atoms with Crippen LogP contribution in [0.5, 0.6) is 0 Å². The van der Waals surface area contributed by atoms with E-state index in [2.05, 4.69) is 22.6 Å². The summed E-state index contributed by atoms with van der Waals surface area (Å²) in [6, 6.07) is 18.1. The molecule has 8 heteroatoms. The van der Waals surface area contributed by atoms with Crippen molar-refractivity contribution in [3.63, 3.8) is 0 Å². The lowest BCUT2D eigenvalue weighted by molar-refractivity contribution is -0.126. The summed E-state index contributed by atoms with van der Waals surface area (Å²) < 4.78 is 33.7. The van der Waals surface area contributed by atoms with Crippen LogP contribution < -0.4 is 5.32 Å². The summed E-state index contributed by atoms with van der Waals surface area (Å²) in [7, 11) is -3.80. The minimum atomic E-state index is -3.80. The minimum Gasteiger partial charge on any atom is -0.356 e. The number of amides is 1. The number of hydrogen-bond donors (Lipinski definition) is 1. The molecule has 1 aromatic heterocycles. The first-order chi connectivity index (χ1) is 17.3. The van der Waals surface area contributed by atoms with Crippen LogP contribution in [0.4, 0.5) is 0 Å². The lowest BCUT2D eigenvalue weighted by Crippen LogP contribution is -2.43. The molecule has 2 aromatic carbocycles. The fourth-order valence-corrected chi connectivity index (χ4v) is 6.15. The molecule has 190 valence electrons. The van der Waals surface area contributed by atoms with Gasteiger partial charge in [0.25, 0.3) is 0 Å². The van der Waals surface area contributed by atoms with Gasteiger partial charge in [0.1, 0.15) is 5.69 Å². The topological polar surface area (TPSA) is 92.5 Å². The SMILES string of the molecule is Cc1ccc(C=Cc2onc(C)c2S(=O)(=O)N2CCC(C(=O)NCCCc3ccccc3)CC2)cc1. The first-order valence-electron chi connectivity index (χ1n) is 12.4. The average Bonchev–Trinajstić information content (AvgIpc) is 3.28. The molecular weight excluding hydrogens is 474 g/mol. The summed E-state index contributed by atoms with van der Waals surface area (Å²) in [5.74, 6) is 0.0343. The van der Waals surface area contributed by atoms with Gasteiger partial charge >= 0.3 is 0 Å². The Kier molecular flexibility index (Phi) is 8.38. The second-order valence-corrected chi connectivity index (χ2v) is 11.1. The van der Waals surface area contributed by atoms with E-state index in [9.17, 15) is 13.2 Å². The highest BCUT2D eigenvalue weighted by Crippen LogP contribution is 2.29. The van der Waals surface area contributed by atoms with Crippen molar-refractivity contribution >= 4 is 28.1 Å². The van der Waals surface area contributed by atoms with E-state index in [4.69, 9.17) is 4.52 Å². The first-order valence-corrected chi connectivity index (χ1v) is 13.8. The molecule has 0 atom stereocenters. The average molecular weight is 508 g/mol. The lowest BCUT2D eigenvalue weighted by Gasteiger charge is -2.30. The molecule has 0 bridgehead atoms. The Labute approximate surface area is 213 Å². The van der Waals surface area contributed by atoms with Gasteiger partial charge in [0, 0.05) is 25.6 Å². The number of sulfonamides is 1. The molecule has 1 N–H and O–H groups in total. The smallest absolute Gasteiger partial charge is 0.248 e. The quantitative estimate of drug-likeness (QED) is 0.427. The molecule has 0 unspecified atom stereocenters. The van der Waals surface area contributed by atoms with E-state index in [0.717, 1.165) is 24.0 Å². The molecule has 1 aliphatic heterocycles. The number of carbonyl (C=O) groups is 1. The highest BCUT2D eigenvalue weighted by atomic mass is 32.2. The van der Waals surface area contributed by atoms with Crippen molar-refractivity contribution in [2.45, 2.75) is 44.4 Å². The number of aromatic nitrogens is 1. The standard InChI is InChI=1S/C28H33N3O4S/c1-21-10-12-24(13-11-21)14-15-26-27(22(2)30-35-26)36(33,34)31-19-16-25(17-20-31)28(32)29-18-6-9-23-7-4-3-5-8-23/h3-5,7-8,10-15,25H,6,9,16-20H2,1-2H3,(H,29,32). The third kappa shape index (κ3) is 6.30. The van der Waals surface area contributed by atoms with Crippen molar-refractivity contribution in [2.24, 2.45) is 5.92 Å². The van der Waals surface area contributed by atoms with Crippen molar-refractivity contribution in [1.29, 1.82) is 0 Å². The zero-order valence-corrected chi connectivity index (χ0v) is 21.6. The van der Waals surface area contributed by atoms with E-state index in [-0.39, 0.29) is 35.6 Å². The first kappa shape index (κ1) is 25.9. The highest BCUT2D eigenvalue weighted by molar-refractivity contribution is 7.89. The van der Waals surface area contributed by atoms with E-state index in [1.54, 1.807) is 13.0 Å². The maximum Gasteiger partial charge on any atom is 0.248 e. The third-order valence-corrected chi connectivity index (χ3v) is 8.60. The number of nitrogens with zero attached hydrogens (tertiary/aromatic N) is 2. The maximum atomic E-state index is 13.5. The van der Waals surface area contributed by atoms with Gasteiger partial charge in [-0.05, 0) is 56.7 Å². The molecule has 4 rings (SSSR count). The molecule has 2 heterocycles. The predicted octanol–water partition coefficient (Wildman–Crippen LogP) is 4.61. The molecule has 1 saturated heterocycles. The fourth-order valence-electron chi connectivity index (χ4n) is 4.43. The van der Waals surface area contributed by atoms with Crippen LogP contribution in [0.25, 0.3) is 12.2 Å². The Morgan fingerprint density at radius 3 is 2.44 bits per heavy atom. The normalized spacial score (nSPS) is 15.4. The van der Waals surface area contributed by atoms with Gasteiger partial charge in [-0.1, -0.05) is 71.4 Å². The fraction of sp³-hybridized carbons (Fsp3) is 0.357. The molecule has 3 aromatic rings. The lowest BCUT2D eigenvalue weighted by atomic mass is 9.97. The van der Waals surface area contributed by atoms with Gasteiger partial charge in [-0.25, -0.2) is 8.42 Å². The molecule has 0 aliphatic carbocycles. The Bertz CT molecular complexity index is 1290. The van der Waals surface area contributed by atoms with Gasteiger partial charge < -0.3 is 9.84 Å². The number of rotatable bonds is 9. The summed E-state index contributed by atoms with van der Waals surface area (Å²) in [4.78, 5) is 12.7. The monoisotopic (exact) mass is 507 g/mol. The molecule has 0 radical (unpaired) electrons.